The van der Waals surface area contributed by atoms with Crippen molar-refractivity contribution in [2.75, 3.05) is 11.5 Å². The molecular formula is C23H15ClF3NO3. The van der Waals surface area contributed by atoms with Crippen LogP contribution in [0.3, 0.4) is 0 Å². The molecule has 1 fully saturated rings. The van der Waals surface area contributed by atoms with Crippen LogP contribution in [0.4, 0.5) is 23.7 Å². The lowest BCUT2D eigenvalue weighted by Gasteiger charge is -2.22. The molecule has 1 atom stereocenters. The molecule has 31 heavy (non-hydrogen) atoms. The predicted molar refractivity (Wildman–Crippen MR) is 109 cm³/mol. The SMILES string of the molecule is O=C(c1ccc(Cl)cc1)c1ccc(N2C(=O)OC[C@@H]2c2cccc(C(F)(F)F)c2)cc1. The van der Waals surface area contributed by atoms with Gasteiger partial charge in [0, 0.05) is 21.8 Å². The first-order valence-corrected chi connectivity index (χ1v) is 9.65. The molecule has 8 heteroatoms. The normalized spacial score (nSPS) is 16.3. The molecule has 0 unspecified atom stereocenters. The van der Waals surface area contributed by atoms with Crippen molar-refractivity contribution in [2.45, 2.75) is 12.2 Å². The first kappa shape index (κ1) is 20.9. The Morgan fingerprint density at radius 1 is 0.968 bits per heavy atom. The summed E-state index contributed by atoms with van der Waals surface area (Å²) >= 11 is 5.85. The van der Waals surface area contributed by atoms with Crippen LogP contribution < -0.4 is 4.90 Å². The lowest BCUT2D eigenvalue weighted by atomic mass is 10.0. The Kier molecular flexibility index (Phi) is 5.45. The average molecular weight is 446 g/mol. The van der Waals surface area contributed by atoms with Crippen molar-refractivity contribution < 1.29 is 27.5 Å². The van der Waals surface area contributed by atoms with Gasteiger partial charge in [0.05, 0.1) is 11.6 Å². The van der Waals surface area contributed by atoms with Crippen LogP contribution in [0.15, 0.2) is 72.8 Å². The van der Waals surface area contributed by atoms with Gasteiger partial charge in [0.2, 0.25) is 0 Å². The molecule has 4 rings (SSSR count). The van der Waals surface area contributed by atoms with Crippen LogP contribution >= 0.6 is 11.6 Å². The van der Waals surface area contributed by atoms with Gasteiger partial charge in [-0.2, -0.15) is 13.2 Å². The summed E-state index contributed by atoms with van der Waals surface area (Å²) in [6.07, 6.45) is -5.16. The molecule has 1 saturated heterocycles. The third-order valence-electron chi connectivity index (χ3n) is 4.99. The van der Waals surface area contributed by atoms with E-state index in [1.165, 1.54) is 17.0 Å². The van der Waals surface area contributed by atoms with Crippen molar-refractivity contribution in [3.63, 3.8) is 0 Å². The highest BCUT2D eigenvalue weighted by molar-refractivity contribution is 6.30. The van der Waals surface area contributed by atoms with Gasteiger partial charge < -0.3 is 4.74 Å². The Bertz CT molecular complexity index is 1130. The van der Waals surface area contributed by atoms with E-state index in [1.807, 2.05) is 0 Å². The second kappa shape index (κ2) is 8.07. The standard InChI is InChI=1S/C23H15ClF3NO3/c24-18-8-4-14(5-9-18)21(29)15-6-10-19(11-7-15)28-20(13-31-22(28)30)16-2-1-3-17(12-16)23(25,26)27/h1-12,20H,13H2/t20-/m1/s1. The highest BCUT2D eigenvalue weighted by Crippen LogP contribution is 2.36. The molecule has 0 bridgehead atoms. The molecule has 0 saturated carbocycles. The number of ketones is 1. The summed E-state index contributed by atoms with van der Waals surface area (Å²) in [6.45, 7) is -0.0778. The summed E-state index contributed by atoms with van der Waals surface area (Å²) in [4.78, 5) is 26.2. The molecule has 0 aliphatic carbocycles. The summed E-state index contributed by atoms with van der Waals surface area (Å²) in [5.41, 5.74) is 0.779. The third kappa shape index (κ3) is 4.27. The van der Waals surface area contributed by atoms with Gasteiger partial charge in [0.1, 0.15) is 6.61 Å². The predicted octanol–water partition coefficient (Wildman–Crippen LogP) is 6.29. The first-order chi connectivity index (χ1) is 14.7. The van der Waals surface area contributed by atoms with Gasteiger partial charge in [-0.3, -0.25) is 9.69 Å². The molecule has 1 amide bonds. The van der Waals surface area contributed by atoms with E-state index in [0.29, 0.717) is 27.4 Å². The number of benzene rings is 3. The number of carbonyl (C=O) groups is 2. The van der Waals surface area contributed by atoms with Crippen LogP contribution in [0.1, 0.15) is 33.1 Å². The maximum atomic E-state index is 13.1. The fraction of sp³-hybridized carbons (Fsp3) is 0.130. The number of amides is 1. The summed E-state index contributed by atoms with van der Waals surface area (Å²) in [5.74, 6) is -0.221. The van der Waals surface area contributed by atoms with Crippen molar-refractivity contribution in [3.05, 3.63) is 100 Å². The second-order valence-electron chi connectivity index (χ2n) is 6.97. The number of anilines is 1. The zero-order valence-corrected chi connectivity index (χ0v) is 16.7. The Morgan fingerprint density at radius 3 is 2.19 bits per heavy atom. The molecule has 0 N–H and O–H groups in total. The van der Waals surface area contributed by atoms with Gasteiger partial charge in [-0.25, -0.2) is 4.79 Å². The number of ether oxygens (including phenoxy) is 1. The topological polar surface area (TPSA) is 46.6 Å². The Labute approximate surface area is 180 Å². The number of nitrogens with zero attached hydrogens (tertiary/aromatic N) is 1. The molecule has 0 spiro atoms. The summed E-state index contributed by atoms with van der Waals surface area (Å²) < 4.78 is 44.3. The third-order valence-corrected chi connectivity index (χ3v) is 5.24. The Balaban J connectivity index is 1.61. The minimum absolute atomic E-state index is 0.0778. The van der Waals surface area contributed by atoms with E-state index >= 15 is 0 Å². The van der Waals surface area contributed by atoms with Crippen molar-refractivity contribution in [1.29, 1.82) is 0 Å². The zero-order chi connectivity index (χ0) is 22.2. The highest BCUT2D eigenvalue weighted by Gasteiger charge is 2.37. The second-order valence-corrected chi connectivity index (χ2v) is 7.41. The van der Waals surface area contributed by atoms with E-state index in [0.717, 1.165) is 12.1 Å². The molecule has 0 aromatic heterocycles. The summed E-state index contributed by atoms with van der Waals surface area (Å²) in [6, 6.07) is 16.8. The maximum Gasteiger partial charge on any atom is 0.416 e. The van der Waals surface area contributed by atoms with Crippen molar-refractivity contribution in [2.24, 2.45) is 0 Å². The number of hydrogen-bond acceptors (Lipinski definition) is 3. The Morgan fingerprint density at radius 2 is 1.58 bits per heavy atom. The minimum atomic E-state index is -4.49. The molecule has 1 aliphatic rings. The van der Waals surface area contributed by atoms with Crippen LogP contribution in [-0.4, -0.2) is 18.5 Å². The van der Waals surface area contributed by atoms with E-state index < -0.39 is 23.9 Å². The number of cyclic esters (lactones) is 1. The van der Waals surface area contributed by atoms with Crippen molar-refractivity contribution >= 4 is 29.2 Å². The molecular weight excluding hydrogens is 431 g/mol. The lowest BCUT2D eigenvalue weighted by Crippen LogP contribution is -2.27. The summed E-state index contributed by atoms with van der Waals surface area (Å²) in [7, 11) is 0. The molecule has 0 radical (unpaired) electrons. The smallest absolute Gasteiger partial charge is 0.416 e. The quantitative estimate of drug-likeness (QED) is 0.443. The fourth-order valence-electron chi connectivity index (χ4n) is 3.42. The number of halogens is 4. The number of hydrogen-bond donors (Lipinski definition) is 0. The first-order valence-electron chi connectivity index (χ1n) is 9.27. The van der Waals surface area contributed by atoms with Gasteiger partial charge in [-0.15, -0.1) is 0 Å². The number of carbonyl (C=O) groups excluding carboxylic acids is 2. The van der Waals surface area contributed by atoms with Crippen LogP contribution in [-0.2, 0) is 10.9 Å². The van der Waals surface area contributed by atoms with Crippen molar-refractivity contribution in [1.82, 2.24) is 0 Å². The molecule has 3 aromatic rings. The molecule has 1 aliphatic heterocycles. The lowest BCUT2D eigenvalue weighted by molar-refractivity contribution is -0.137. The van der Waals surface area contributed by atoms with Gasteiger partial charge in [-0.1, -0.05) is 23.7 Å². The van der Waals surface area contributed by atoms with E-state index in [-0.39, 0.29) is 12.4 Å². The van der Waals surface area contributed by atoms with E-state index in [2.05, 4.69) is 0 Å². The maximum absolute atomic E-state index is 13.1. The van der Waals surface area contributed by atoms with Crippen LogP contribution in [0, 0.1) is 0 Å². The monoisotopic (exact) mass is 445 g/mol. The largest absolute Gasteiger partial charge is 0.447 e. The number of rotatable bonds is 4. The Hall–Kier alpha value is -3.32. The summed E-state index contributed by atoms with van der Waals surface area (Å²) in [5, 5.41) is 0.514. The van der Waals surface area contributed by atoms with Crippen LogP contribution in [0.5, 0.6) is 0 Å². The molecule has 158 valence electrons. The minimum Gasteiger partial charge on any atom is -0.447 e. The van der Waals surface area contributed by atoms with Gasteiger partial charge in [0.25, 0.3) is 0 Å². The van der Waals surface area contributed by atoms with E-state index in [1.54, 1.807) is 48.5 Å². The molecule has 4 nitrogen and oxygen atoms in total. The van der Waals surface area contributed by atoms with E-state index in [4.69, 9.17) is 16.3 Å². The fourth-order valence-corrected chi connectivity index (χ4v) is 3.54. The number of alkyl halides is 3. The molecule has 3 aromatic carbocycles. The van der Waals surface area contributed by atoms with Gasteiger partial charge in [0.15, 0.2) is 5.78 Å². The van der Waals surface area contributed by atoms with Gasteiger partial charge in [-0.05, 0) is 66.2 Å². The van der Waals surface area contributed by atoms with E-state index in [9.17, 15) is 22.8 Å². The van der Waals surface area contributed by atoms with Crippen molar-refractivity contribution in [3.8, 4) is 0 Å². The zero-order valence-electron chi connectivity index (χ0n) is 15.9. The van der Waals surface area contributed by atoms with Crippen LogP contribution in [0.2, 0.25) is 5.02 Å². The molecule has 1 heterocycles. The average Bonchev–Trinajstić information content (AvgIpc) is 3.15. The van der Waals surface area contributed by atoms with Crippen LogP contribution in [0.25, 0.3) is 0 Å². The highest BCUT2D eigenvalue weighted by atomic mass is 35.5. The van der Waals surface area contributed by atoms with Gasteiger partial charge >= 0.3 is 12.3 Å².